The van der Waals surface area contributed by atoms with Gasteiger partial charge in [-0.05, 0) is 54.7 Å². The molecular formula is C21H24N2O2. The minimum absolute atomic E-state index is 0.0240. The van der Waals surface area contributed by atoms with Crippen LogP contribution >= 0.6 is 0 Å². The normalized spacial score (nSPS) is 11.7. The maximum atomic E-state index is 12.2. The molecule has 0 spiro atoms. The van der Waals surface area contributed by atoms with Gasteiger partial charge in [0.1, 0.15) is 5.75 Å². The summed E-state index contributed by atoms with van der Waals surface area (Å²) >= 11 is 0. The van der Waals surface area contributed by atoms with Crippen LogP contribution in [0.2, 0.25) is 0 Å². The summed E-state index contributed by atoms with van der Waals surface area (Å²) < 4.78 is 5.76. The molecule has 0 radical (unpaired) electrons. The number of carbonyl (C=O) groups is 1. The van der Waals surface area contributed by atoms with Crippen molar-refractivity contribution in [2.45, 2.75) is 39.7 Å². The average molecular weight is 336 g/mol. The predicted octanol–water partition coefficient (Wildman–Crippen LogP) is 4.25. The number of hydrogen-bond acceptors (Lipinski definition) is 3. The second kappa shape index (κ2) is 8.34. The van der Waals surface area contributed by atoms with Crippen molar-refractivity contribution in [1.29, 1.82) is 5.26 Å². The molecule has 0 saturated heterocycles. The monoisotopic (exact) mass is 336 g/mol. The van der Waals surface area contributed by atoms with Crippen molar-refractivity contribution in [3.63, 3.8) is 0 Å². The molecule has 0 aliphatic carbocycles. The van der Waals surface area contributed by atoms with Crippen molar-refractivity contribution in [3.05, 3.63) is 64.7 Å². The van der Waals surface area contributed by atoms with E-state index in [0.717, 1.165) is 22.4 Å². The SMILES string of the molecule is Cc1ccc(C(C)C)c(OCC(=O)NC(C)c2ccc(C#N)cc2)c1. The highest BCUT2D eigenvalue weighted by atomic mass is 16.5. The molecule has 4 heteroatoms. The molecule has 0 fully saturated rings. The Morgan fingerprint density at radius 1 is 1.16 bits per heavy atom. The van der Waals surface area contributed by atoms with E-state index in [9.17, 15) is 4.79 Å². The highest BCUT2D eigenvalue weighted by Gasteiger charge is 2.13. The molecule has 0 bridgehead atoms. The van der Waals surface area contributed by atoms with E-state index in [2.05, 4.69) is 31.3 Å². The molecule has 2 aromatic rings. The molecule has 130 valence electrons. The molecule has 1 N–H and O–H groups in total. The van der Waals surface area contributed by atoms with E-state index in [1.54, 1.807) is 12.1 Å². The van der Waals surface area contributed by atoms with Crippen LogP contribution in [0, 0.1) is 18.3 Å². The molecule has 25 heavy (non-hydrogen) atoms. The Balaban J connectivity index is 1.96. The molecule has 2 rings (SSSR count). The second-order valence-electron chi connectivity index (χ2n) is 6.51. The molecule has 0 heterocycles. The van der Waals surface area contributed by atoms with Crippen molar-refractivity contribution in [2.24, 2.45) is 0 Å². The summed E-state index contributed by atoms with van der Waals surface area (Å²) in [5.41, 5.74) is 3.75. The largest absolute Gasteiger partial charge is 0.483 e. The van der Waals surface area contributed by atoms with Crippen LogP contribution in [-0.4, -0.2) is 12.5 Å². The minimum Gasteiger partial charge on any atom is -0.483 e. The number of ether oxygens (including phenoxy) is 1. The quantitative estimate of drug-likeness (QED) is 0.858. The van der Waals surface area contributed by atoms with Crippen LogP contribution in [0.15, 0.2) is 42.5 Å². The standard InChI is InChI=1S/C21H24N2O2/c1-14(2)19-10-5-15(3)11-20(19)25-13-21(24)23-16(4)18-8-6-17(12-22)7-9-18/h5-11,14,16H,13H2,1-4H3,(H,23,24). The molecule has 0 aromatic heterocycles. The third kappa shape index (κ3) is 5.09. The Labute approximate surface area is 149 Å². The molecular weight excluding hydrogens is 312 g/mol. The van der Waals surface area contributed by atoms with Gasteiger partial charge in [-0.25, -0.2) is 0 Å². The fourth-order valence-electron chi connectivity index (χ4n) is 2.60. The van der Waals surface area contributed by atoms with Gasteiger partial charge < -0.3 is 10.1 Å². The minimum atomic E-state index is -0.173. The average Bonchev–Trinajstić information content (AvgIpc) is 2.59. The molecule has 0 saturated carbocycles. The van der Waals surface area contributed by atoms with E-state index in [0.29, 0.717) is 11.5 Å². The number of rotatable bonds is 6. The number of amides is 1. The van der Waals surface area contributed by atoms with Crippen molar-refractivity contribution >= 4 is 5.91 Å². The Kier molecular flexibility index (Phi) is 6.19. The fourth-order valence-corrected chi connectivity index (χ4v) is 2.60. The van der Waals surface area contributed by atoms with Gasteiger partial charge in [-0.3, -0.25) is 4.79 Å². The summed E-state index contributed by atoms with van der Waals surface area (Å²) in [5, 5.41) is 11.8. The van der Waals surface area contributed by atoms with E-state index in [1.807, 2.05) is 38.1 Å². The first-order valence-corrected chi connectivity index (χ1v) is 8.43. The lowest BCUT2D eigenvalue weighted by Crippen LogP contribution is -2.31. The number of nitriles is 1. The van der Waals surface area contributed by atoms with Crippen molar-refractivity contribution in [1.82, 2.24) is 5.32 Å². The zero-order valence-electron chi connectivity index (χ0n) is 15.2. The van der Waals surface area contributed by atoms with Gasteiger partial charge in [0.2, 0.25) is 0 Å². The van der Waals surface area contributed by atoms with E-state index in [4.69, 9.17) is 10.00 Å². The van der Waals surface area contributed by atoms with Gasteiger partial charge in [-0.15, -0.1) is 0 Å². The van der Waals surface area contributed by atoms with Crippen LogP contribution in [0.3, 0.4) is 0 Å². The number of benzene rings is 2. The van der Waals surface area contributed by atoms with E-state index in [-0.39, 0.29) is 18.6 Å². The molecule has 4 nitrogen and oxygen atoms in total. The van der Waals surface area contributed by atoms with E-state index < -0.39 is 0 Å². The number of nitrogens with one attached hydrogen (secondary N) is 1. The van der Waals surface area contributed by atoms with E-state index >= 15 is 0 Å². The topological polar surface area (TPSA) is 62.1 Å². The predicted molar refractivity (Wildman–Crippen MR) is 98.5 cm³/mol. The molecule has 2 aromatic carbocycles. The molecule has 1 unspecified atom stereocenters. The smallest absolute Gasteiger partial charge is 0.258 e. The summed E-state index contributed by atoms with van der Waals surface area (Å²) in [5.74, 6) is 0.917. The number of carbonyl (C=O) groups excluding carboxylic acids is 1. The van der Waals surface area contributed by atoms with Crippen LogP contribution in [0.4, 0.5) is 0 Å². The highest BCUT2D eigenvalue weighted by molar-refractivity contribution is 5.78. The maximum absolute atomic E-state index is 12.2. The maximum Gasteiger partial charge on any atom is 0.258 e. The Morgan fingerprint density at radius 2 is 1.84 bits per heavy atom. The first-order valence-electron chi connectivity index (χ1n) is 8.43. The van der Waals surface area contributed by atoms with Crippen LogP contribution in [0.1, 0.15) is 55.0 Å². The first-order chi connectivity index (χ1) is 11.9. The zero-order chi connectivity index (χ0) is 18.4. The van der Waals surface area contributed by atoms with Crippen LogP contribution in [-0.2, 0) is 4.79 Å². The van der Waals surface area contributed by atoms with Crippen LogP contribution in [0.5, 0.6) is 5.75 Å². The van der Waals surface area contributed by atoms with Gasteiger partial charge in [0.25, 0.3) is 5.91 Å². The third-order valence-electron chi connectivity index (χ3n) is 4.07. The number of hydrogen-bond donors (Lipinski definition) is 1. The zero-order valence-corrected chi connectivity index (χ0v) is 15.2. The van der Waals surface area contributed by atoms with Gasteiger partial charge in [-0.2, -0.15) is 5.26 Å². The van der Waals surface area contributed by atoms with Gasteiger partial charge in [0.15, 0.2) is 6.61 Å². The second-order valence-corrected chi connectivity index (χ2v) is 6.51. The summed E-state index contributed by atoms with van der Waals surface area (Å²) in [4.78, 5) is 12.2. The summed E-state index contributed by atoms with van der Waals surface area (Å²) in [6.45, 7) is 8.09. The Hall–Kier alpha value is -2.80. The lowest BCUT2D eigenvalue weighted by molar-refractivity contribution is -0.123. The number of nitrogens with zero attached hydrogens (tertiary/aromatic N) is 1. The number of aryl methyl sites for hydroxylation is 1. The summed E-state index contributed by atoms with van der Waals surface area (Å²) in [6.07, 6.45) is 0. The van der Waals surface area contributed by atoms with Gasteiger partial charge >= 0.3 is 0 Å². The lowest BCUT2D eigenvalue weighted by Gasteiger charge is -2.17. The Bertz CT molecular complexity index is 773. The van der Waals surface area contributed by atoms with Crippen molar-refractivity contribution in [3.8, 4) is 11.8 Å². The summed E-state index contributed by atoms with van der Waals surface area (Å²) in [7, 11) is 0. The van der Waals surface area contributed by atoms with Gasteiger partial charge in [0, 0.05) is 0 Å². The van der Waals surface area contributed by atoms with Crippen molar-refractivity contribution in [2.75, 3.05) is 6.61 Å². The highest BCUT2D eigenvalue weighted by Crippen LogP contribution is 2.27. The van der Waals surface area contributed by atoms with Gasteiger partial charge in [-0.1, -0.05) is 38.1 Å². The molecule has 0 aliphatic heterocycles. The molecule has 1 amide bonds. The molecule has 0 aliphatic rings. The lowest BCUT2D eigenvalue weighted by atomic mass is 10.0. The van der Waals surface area contributed by atoms with Crippen LogP contribution in [0.25, 0.3) is 0 Å². The first kappa shape index (κ1) is 18.5. The van der Waals surface area contributed by atoms with Gasteiger partial charge in [0.05, 0.1) is 17.7 Å². The van der Waals surface area contributed by atoms with Crippen molar-refractivity contribution < 1.29 is 9.53 Å². The fraction of sp³-hybridized carbons (Fsp3) is 0.333. The summed E-state index contributed by atoms with van der Waals surface area (Å²) in [6, 6.07) is 15.2. The third-order valence-corrected chi connectivity index (χ3v) is 4.07. The molecule has 1 atom stereocenters. The Morgan fingerprint density at radius 3 is 2.44 bits per heavy atom. The van der Waals surface area contributed by atoms with Crippen LogP contribution < -0.4 is 10.1 Å². The van der Waals surface area contributed by atoms with E-state index in [1.165, 1.54) is 0 Å².